The van der Waals surface area contributed by atoms with Gasteiger partial charge in [-0.2, -0.15) is 0 Å². The molecule has 1 aliphatic rings. The first-order valence-corrected chi connectivity index (χ1v) is 8.90. The van der Waals surface area contributed by atoms with Crippen LogP contribution in [0.25, 0.3) is 0 Å². The summed E-state index contributed by atoms with van der Waals surface area (Å²) in [7, 11) is 3.96. The van der Waals surface area contributed by atoms with E-state index < -0.39 is 5.97 Å². The lowest BCUT2D eigenvalue weighted by atomic mass is 9.86. The number of hydrogen-bond donors (Lipinski definition) is 1. The third-order valence-corrected chi connectivity index (χ3v) is 5.75. The smallest absolute Gasteiger partial charge is 0.308 e. The minimum atomic E-state index is -0.705. The predicted molar refractivity (Wildman–Crippen MR) is 96.8 cm³/mol. The number of rotatable bonds is 5. The topological polar surface area (TPSA) is 56.7 Å². The second-order valence-corrected chi connectivity index (χ2v) is 7.70. The number of thiazole rings is 1. The lowest BCUT2D eigenvalue weighted by Crippen LogP contribution is -2.23. The monoisotopic (exact) mass is 345 g/mol. The van der Waals surface area contributed by atoms with Gasteiger partial charge in [0.05, 0.1) is 5.92 Å². The Morgan fingerprint density at radius 3 is 2.75 bits per heavy atom. The fourth-order valence-electron chi connectivity index (χ4n) is 3.38. The van der Waals surface area contributed by atoms with Crippen LogP contribution in [0.4, 0.5) is 5.13 Å². The molecular weight excluding hydrogens is 322 g/mol. The summed E-state index contributed by atoms with van der Waals surface area (Å²) in [5, 5.41) is 10.6. The molecule has 1 aromatic heterocycles. The van der Waals surface area contributed by atoms with Crippen LogP contribution in [-0.4, -0.2) is 48.1 Å². The van der Waals surface area contributed by atoms with Crippen LogP contribution in [0, 0.1) is 12.8 Å². The predicted octanol–water partition coefficient (Wildman–Crippen LogP) is 2.82. The summed E-state index contributed by atoms with van der Waals surface area (Å²) in [5.74, 6) is -1.01. The molecule has 0 radical (unpaired) electrons. The van der Waals surface area contributed by atoms with Gasteiger partial charge in [-0.3, -0.25) is 9.69 Å². The second kappa shape index (κ2) is 6.91. The summed E-state index contributed by atoms with van der Waals surface area (Å²) in [5.41, 5.74) is 2.33. The Kier molecular flexibility index (Phi) is 4.87. The molecular formula is C18H23N3O2S. The number of benzene rings is 1. The van der Waals surface area contributed by atoms with Gasteiger partial charge < -0.3 is 10.0 Å². The van der Waals surface area contributed by atoms with E-state index in [1.54, 1.807) is 11.3 Å². The van der Waals surface area contributed by atoms with Crippen molar-refractivity contribution in [2.45, 2.75) is 19.4 Å². The van der Waals surface area contributed by atoms with Gasteiger partial charge in [-0.15, -0.1) is 11.3 Å². The van der Waals surface area contributed by atoms with E-state index in [2.05, 4.69) is 28.9 Å². The van der Waals surface area contributed by atoms with Gasteiger partial charge in [0.1, 0.15) is 0 Å². The lowest BCUT2D eigenvalue weighted by molar-refractivity contribution is -0.141. The highest BCUT2D eigenvalue weighted by molar-refractivity contribution is 7.15. The van der Waals surface area contributed by atoms with Crippen molar-refractivity contribution in [3.63, 3.8) is 0 Å². The maximum absolute atomic E-state index is 11.7. The summed E-state index contributed by atoms with van der Waals surface area (Å²) in [6.07, 6.45) is 1.90. The first-order valence-electron chi connectivity index (χ1n) is 8.08. The van der Waals surface area contributed by atoms with Crippen molar-refractivity contribution in [1.29, 1.82) is 0 Å². The number of aliphatic carboxylic acids is 1. The van der Waals surface area contributed by atoms with E-state index in [0.29, 0.717) is 6.54 Å². The fourth-order valence-corrected chi connectivity index (χ4v) is 4.26. The van der Waals surface area contributed by atoms with Crippen LogP contribution in [0.1, 0.15) is 21.9 Å². The van der Waals surface area contributed by atoms with E-state index >= 15 is 0 Å². The number of anilines is 1. The van der Waals surface area contributed by atoms with Gasteiger partial charge in [0.25, 0.3) is 0 Å². The summed E-state index contributed by atoms with van der Waals surface area (Å²) in [6, 6.07) is 8.12. The zero-order valence-electron chi connectivity index (χ0n) is 14.3. The molecule has 1 N–H and O–H groups in total. The van der Waals surface area contributed by atoms with Gasteiger partial charge in [0.2, 0.25) is 0 Å². The summed E-state index contributed by atoms with van der Waals surface area (Å²) in [6.45, 7) is 4.18. The third-order valence-electron chi connectivity index (χ3n) is 4.60. The molecule has 2 atom stereocenters. The average Bonchev–Trinajstić information content (AvgIpc) is 3.15. The van der Waals surface area contributed by atoms with Crippen molar-refractivity contribution < 1.29 is 9.90 Å². The SMILES string of the molecule is Cc1ccccc1[C@H]1CN(Cc2cnc(N(C)C)s2)C[C@@H]1C(=O)O. The summed E-state index contributed by atoms with van der Waals surface area (Å²) in [4.78, 5) is 21.6. The van der Waals surface area contributed by atoms with Crippen molar-refractivity contribution in [2.75, 3.05) is 32.1 Å². The molecule has 128 valence electrons. The van der Waals surface area contributed by atoms with E-state index in [-0.39, 0.29) is 11.8 Å². The Hall–Kier alpha value is -1.92. The number of aromatic nitrogens is 1. The molecule has 0 saturated carbocycles. The largest absolute Gasteiger partial charge is 0.481 e. The van der Waals surface area contributed by atoms with Crippen LogP contribution in [0.3, 0.4) is 0 Å². The van der Waals surface area contributed by atoms with Crippen molar-refractivity contribution in [2.24, 2.45) is 5.92 Å². The number of carboxylic acids is 1. The van der Waals surface area contributed by atoms with E-state index in [0.717, 1.165) is 23.8 Å². The number of likely N-dealkylation sites (tertiary alicyclic amines) is 1. The van der Waals surface area contributed by atoms with Gasteiger partial charge in [-0.1, -0.05) is 24.3 Å². The standard InChI is InChI=1S/C18H23N3O2S/c1-12-6-4-5-7-14(12)15-10-21(11-16(15)17(22)23)9-13-8-19-18(24-13)20(2)3/h4-8,15-16H,9-11H2,1-3H3,(H,22,23)/t15-,16+/m1/s1. The summed E-state index contributed by atoms with van der Waals surface area (Å²) >= 11 is 1.66. The molecule has 0 amide bonds. The van der Waals surface area contributed by atoms with Crippen LogP contribution in [0.15, 0.2) is 30.5 Å². The molecule has 5 nitrogen and oxygen atoms in total. The molecule has 2 heterocycles. The number of hydrogen-bond acceptors (Lipinski definition) is 5. The highest BCUT2D eigenvalue weighted by atomic mass is 32.1. The van der Waals surface area contributed by atoms with Gasteiger partial charge in [0.15, 0.2) is 5.13 Å². The Morgan fingerprint density at radius 2 is 2.12 bits per heavy atom. The van der Waals surface area contributed by atoms with E-state index in [1.807, 2.05) is 37.3 Å². The molecule has 0 unspecified atom stereocenters. The number of carboxylic acid groups (broad SMARTS) is 1. The van der Waals surface area contributed by atoms with Crippen LogP contribution in [-0.2, 0) is 11.3 Å². The van der Waals surface area contributed by atoms with Crippen molar-refractivity contribution in [3.8, 4) is 0 Å². The van der Waals surface area contributed by atoms with Crippen LogP contribution in [0.5, 0.6) is 0 Å². The van der Waals surface area contributed by atoms with Gasteiger partial charge in [-0.05, 0) is 18.1 Å². The molecule has 2 aromatic rings. The molecule has 0 bridgehead atoms. The quantitative estimate of drug-likeness (QED) is 0.903. The Labute approximate surface area is 146 Å². The van der Waals surface area contributed by atoms with Crippen LogP contribution < -0.4 is 4.90 Å². The van der Waals surface area contributed by atoms with Gasteiger partial charge >= 0.3 is 5.97 Å². The molecule has 1 aromatic carbocycles. The number of aryl methyl sites for hydroxylation is 1. The van der Waals surface area contributed by atoms with E-state index in [9.17, 15) is 9.90 Å². The molecule has 1 fully saturated rings. The zero-order chi connectivity index (χ0) is 17.3. The molecule has 24 heavy (non-hydrogen) atoms. The molecule has 0 spiro atoms. The minimum absolute atomic E-state index is 0.0462. The number of carbonyl (C=O) groups is 1. The van der Waals surface area contributed by atoms with Gasteiger partial charge in [-0.25, -0.2) is 4.98 Å². The fraction of sp³-hybridized carbons (Fsp3) is 0.444. The van der Waals surface area contributed by atoms with Gasteiger partial charge in [0, 0.05) is 50.7 Å². The third kappa shape index (κ3) is 3.44. The molecule has 6 heteroatoms. The van der Waals surface area contributed by atoms with Crippen molar-refractivity contribution >= 4 is 22.4 Å². The Morgan fingerprint density at radius 1 is 1.38 bits per heavy atom. The van der Waals surface area contributed by atoms with Crippen molar-refractivity contribution in [3.05, 3.63) is 46.5 Å². The Bertz CT molecular complexity index is 729. The highest BCUT2D eigenvalue weighted by Crippen LogP contribution is 2.36. The van der Waals surface area contributed by atoms with Crippen LogP contribution >= 0.6 is 11.3 Å². The van der Waals surface area contributed by atoms with Crippen molar-refractivity contribution in [1.82, 2.24) is 9.88 Å². The Balaban J connectivity index is 1.77. The number of nitrogens with zero attached hydrogens (tertiary/aromatic N) is 3. The maximum atomic E-state index is 11.7. The van der Waals surface area contributed by atoms with E-state index in [1.165, 1.54) is 10.4 Å². The molecule has 1 saturated heterocycles. The first kappa shape index (κ1) is 16.9. The first-order chi connectivity index (χ1) is 11.5. The maximum Gasteiger partial charge on any atom is 0.308 e. The normalized spacial score (nSPS) is 21.1. The molecule has 3 rings (SSSR count). The molecule has 1 aliphatic heterocycles. The minimum Gasteiger partial charge on any atom is -0.481 e. The highest BCUT2D eigenvalue weighted by Gasteiger charge is 2.39. The molecule has 0 aliphatic carbocycles. The van der Waals surface area contributed by atoms with E-state index in [4.69, 9.17) is 0 Å². The zero-order valence-corrected chi connectivity index (χ0v) is 15.1. The average molecular weight is 345 g/mol. The lowest BCUT2D eigenvalue weighted by Gasteiger charge is -2.17. The van der Waals surface area contributed by atoms with Crippen LogP contribution in [0.2, 0.25) is 0 Å². The summed E-state index contributed by atoms with van der Waals surface area (Å²) < 4.78 is 0. The second-order valence-electron chi connectivity index (χ2n) is 6.61.